The van der Waals surface area contributed by atoms with Gasteiger partial charge in [-0.1, -0.05) is 37.3 Å². The van der Waals surface area contributed by atoms with Gasteiger partial charge in [-0.2, -0.15) is 0 Å². The van der Waals surface area contributed by atoms with E-state index >= 15 is 0 Å². The maximum absolute atomic E-state index is 12.9. The molecule has 0 bridgehead atoms. The minimum absolute atomic E-state index is 0.135. The maximum atomic E-state index is 12.9. The van der Waals surface area contributed by atoms with Crippen LogP contribution >= 0.6 is 22.9 Å². The molecule has 1 amide bonds. The Labute approximate surface area is 169 Å². The Balaban J connectivity index is 1.80. The van der Waals surface area contributed by atoms with Gasteiger partial charge in [0, 0.05) is 18.1 Å². The molecule has 146 valence electrons. The number of hydrogen-bond acceptors (Lipinski definition) is 4. The van der Waals surface area contributed by atoms with Gasteiger partial charge in [-0.3, -0.25) is 9.10 Å². The predicted octanol–water partition coefficient (Wildman–Crippen LogP) is 4.68. The van der Waals surface area contributed by atoms with Crippen LogP contribution in [0.5, 0.6) is 0 Å². The first-order valence-corrected chi connectivity index (χ1v) is 11.7. The maximum Gasteiger partial charge on any atom is 0.264 e. The second kappa shape index (κ2) is 8.63. The molecule has 0 unspecified atom stereocenters. The summed E-state index contributed by atoms with van der Waals surface area (Å²) >= 11 is 7.11. The fraction of sp³-hybridized carbons (Fsp3) is 0.421. The van der Waals surface area contributed by atoms with E-state index in [0.717, 1.165) is 30.0 Å². The third kappa shape index (κ3) is 4.65. The first kappa shape index (κ1) is 20.2. The van der Waals surface area contributed by atoms with E-state index in [4.69, 9.17) is 11.6 Å². The highest BCUT2D eigenvalue weighted by atomic mass is 35.5. The molecule has 0 saturated heterocycles. The van der Waals surface area contributed by atoms with Crippen LogP contribution in [-0.2, 0) is 10.0 Å². The van der Waals surface area contributed by atoms with Gasteiger partial charge in [-0.05, 0) is 48.6 Å². The van der Waals surface area contributed by atoms with Gasteiger partial charge < -0.3 is 5.32 Å². The third-order valence-electron chi connectivity index (χ3n) is 4.85. The van der Waals surface area contributed by atoms with Crippen LogP contribution in [0.15, 0.2) is 40.6 Å². The number of thiophene rings is 1. The molecule has 1 aliphatic carbocycles. The van der Waals surface area contributed by atoms with Gasteiger partial charge in [0.2, 0.25) is 0 Å². The first-order valence-electron chi connectivity index (χ1n) is 9.02. The molecular weight excluding hydrogens is 404 g/mol. The molecule has 0 spiro atoms. The number of carbonyl (C=O) groups is 1. The number of halogens is 1. The summed E-state index contributed by atoms with van der Waals surface area (Å²) in [4.78, 5) is 13.3. The van der Waals surface area contributed by atoms with Gasteiger partial charge in [0.1, 0.15) is 4.88 Å². The van der Waals surface area contributed by atoms with Crippen LogP contribution in [0.2, 0.25) is 5.02 Å². The van der Waals surface area contributed by atoms with E-state index in [2.05, 4.69) is 5.32 Å². The minimum Gasteiger partial charge on any atom is -0.349 e. The monoisotopic (exact) mass is 426 g/mol. The topological polar surface area (TPSA) is 66.5 Å². The number of nitrogens with one attached hydrogen (secondary N) is 1. The van der Waals surface area contributed by atoms with E-state index in [9.17, 15) is 13.2 Å². The number of nitrogens with zero attached hydrogens (tertiary/aromatic N) is 1. The van der Waals surface area contributed by atoms with Gasteiger partial charge in [-0.25, -0.2) is 8.42 Å². The van der Waals surface area contributed by atoms with Crippen LogP contribution in [0.4, 0.5) is 5.69 Å². The predicted molar refractivity (Wildman–Crippen MR) is 110 cm³/mol. The van der Waals surface area contributed by atoms with Crippen LogP contribution in [0.1, 0.15) is 48.2 Å². The van der Waals surface area contributed by atoms with Crippen molar-refractivity contribution in [3.05, 3.63) is 45.6 Å². The Hall–Kier alpha value is -1.57. The zero-order chi connectivity index (χ0) is 19.4. The van der Waals surface area contributed by atoms with Gasteiger partial charge in [-0.15, -0.1) is 11.3 Å². The largest absolute Gasteiger partial charge is 0.349 e. The Kier molecular flexibility index (Phi) is 6.44. The van der Waals surface area contributed by atoms with Gasteiger partial charge in [0.15, 0.2) is 0 Å². The van der Waals surface area contributed by atoms with Crippen molar-refractivity contribution in [1.29, 1.82) is 0 Å². The quantitative estimate of drug-likeness (QED) is 0.706. The molecule has 1 saturated carbocycles. The number of hydrogen-bond donors (Lipinski definition) is 1. The van der Waals surface area contributed by atoms with Crippen molar-refractivity contribution in [2.24, 2.45) is 0 Å². The molecule has 0 aliphatic heterocycles. The van der Waals surface area contributed by atoms with Crippen molar-refractivity contribution in [3.8, 4) is 0 Å². The van der Waals surface area contributed by atoms with Crippen molar-refractivity contribution in [2.45, 2.75) is 49.5 Å². The van der Waals surface area contributed by atoms with Crippen LogP contribution in [0, 0.1) is 0 Å². The van der Waals surface area contributed by atoms with Crippen LogP contribution in [0.25, 0.3) is 0 Å². The molecule has 1 aromatic carbocycles. The van der Waals surface area contributed by atoms with Crippen molar-refractivity contribution in [3.63, 3.8) is 0 Å². The van der Waals surface area contributed by atoms with Gasteiger partial charge in [0.25, 0.3) is 15.9 Å². The van der Waals surface area contributed by atoms with E-state index in [1.165, 1.54) is 55.5 Å². The molecule has 1 N–H and O–H groups in total. The van der Waals surface area contributed by atoms with Gasteiger partial charge in [0.05, 0.1) is 10.6 Å². The Morgan fingerprint density at radius 1 is 1.11 bits per heavy atom. The Bertz CT molecular complexity index is 886. The van der Waals surface area contributed by atoms with Gasteiger partial charge >= 0.3 is 0 Å². The van der Waals surface area contributed by atoms with E-state index in [-0.39, 0.29) is 16.8 Å². The summed E-state index contributed by atoms with van der Waals surface area (Å²) in [5.74, 6) is -0.204. The average Bonchev–Trinajstić information content (AvgIpc) is 3.00. The summed E-state index contributed by atoms with van der Waals surface area (Å²) in [7, 11) is -2.31. The van der Waals surface area contributed by atoms with Crippen molar-refractivity contribution >= 4 is 44.6 Å². The van der Waals surface area contributed by atoms with E-state index in [1.54, 1.807) is 11.4 Å². The molecule has 2 aromatic rings. The molecule has 8 heteroatoms. The number of amides is 1. The van der Waals surface area contributed by atoms with Crippen LogP contribution < -0.4 is 9.62 Å². The lowest BCUT2D eigenvalue weighted by Gasteiger charge is -2.21. The Morgan fingerprint density at radius 2 is 1.74 bits per heavy atom. The van der Waals surface area contributed by atoms with Crippen LogP contribution in [0.3, 0.4) is 0 Å². The molecule has 1 fully saturated rings. The van der Waals surface area contributed by atoms with E-state index in [0.29, 0.717) is 15.6 Å². The number of rotatable bonds is 5. The lowest BCUT2D eigenvalue weighted by atomic mass is 10.1. The molecule has 1 heterocycles. The fourth-order valence-electron chi connectivity index (χ4n) is 3.29. The van der Waals surface area contributed by atoms with Crippen LogP contribution in [-0.4, -0.2) is 27.4 Å². The zero-order valence-electron chi connectivity index (χ0n) is 15.2. The lowest BCUT2D eigenvalue weighted by Crippen LogP contribution is -2.35. The number of anilines is 1. The third-order valence-corrected chi connectivity index (χ3v) is 7.79. The zero-order valence-corrected chi connectivity index (χ0v) is 17.5. The highest BCUT2D eigenvalue weighted by Gasteiger charge is 2.27. The number of sulfonamides is 1. The molecule has 1 aromatic heterocycles. The van der Waals surface area contributed by atoms with Crippen molar-refractivity contribution in [1.82, 2.24) is 5.32 Å². The molecular formula is C19H23ClN2O3S2. The molecule has 0 atom stereocenters. The van der Waals surface area contributed by atoms with Crippen molar-refractivity contribution in [2.75, 3.05) is 11.4 Å². The molecule has 5 nitrogen and oxygen atoms in total. The summed E-state index contributed by atoms with van der Waals surface area (Å²) in [5.41, 5.74) is 0.390. The first-order chi connectivity index (χ1) is 12.9. The normalized spacial score (nSPS) is 15.9. The SMILES string of the molecule is CN(c1ccsc1C(=O)NC1CCCCCC1)S(=O)(=O)c1ccc(Cl)cc1. The fourth-order valence-corrected chi connectivity index (χ4v) is 5.50. The average molecular weight is 427 g/mol. The summed E-state index contributed by atoms with van der Waals surface area (Å²) in [6, 6.07) is 7.83. The summed E-state index contributed by atoms with van der Waals surface area (Å²) < 4.78 is 27.0. The second-order valence-electron chi connectivity index (χ2n) is 6.72. The molecule has 1 aliphatic rings. The highest BCUT2D eigenvalue weighted by Crippen LogP contribution is 2.30. The number of carbonyl (C=O) groups excluding carboxylic acids is 1. The molecule has 3 rings (SSSR count). The highest BCUT2D eigenvalue weighted by molar-refractivity contribution is 7.92. The molecule has 0 radical (unpaired) electrons. The second-order valence-corrected chi connectivity index (χ2v) is 10.0. The number of benzene rings is 1. The van der Waals surface area contributed by atoms with E-state index in [1.807, 2.05) is 0 Å². The smallest absolute Gasteiger partial charge is 0.264 e. The van der Waals surface area contributed by atoms with E-state index < -0.39 is 10.0 Å². The summed E-state index contributed by atoms with van der Waals surface area (Å²) in [6.07, 6.45) is 6.61. The summed E-state index contributed by atoms with van der Waals surface area (Å²) in [6.45, 7) is 0. The summed E-state index contributed by atoms with van der Waals surface area (Å²) in [5, 5.41) is 5.30. The molecule has 27 heavy (non-hydrogen) atoms. The Morgan fingerprint density at radius 3 is 2.37 bits per heavy atom. The minimum atomic E-state index is -3.77. The van der Waals surface area contributed by atoms with Crippen molar-refractivity contribution < 1.29 is 13.2 Å². The standard InChI is InChI=1S/C19H23ClN2O3S2/c1-22(27(24,25)16-10-8-14(20)9-11-16)17-12-13-26-18(17)19(23)21-15-6-4-2-3-5-7-15/h8-13,15H,2-7H2,1H3,(H,21,23). The lowest BCUT2D eigenvalue weighted by molar-refractivity contribution is 0.0938.